The molecule has 0 aromatic heterocycles. The van der Waals surface area contributed by atoms with E-state index in [0.29, 0.717) is 21.9 Å². The molecule has 2 aromatic rings. The van der Waals surface area contributed by atoms with Gasteiger partial charge < -0.3 is 10.2 Å². The Balaban J connectivity index is 2.92. The first-order valence-corrected chi connectivity index (χ1v) is 4.57. The molecule has 0 atom stereocenters. The lowest BCUT2D eigenvalue weighted by Gasteiger charge is -2.07. The number of fused-ring (bicyclic) bond motifs is 1. The molecule has 0 aliphatic carbocycles. The monoisotopic (exact) mass is 202 g/mol. The first-order valence-electron chi connectivity index (χ1n) is 4.57. The Morgan fingerprint density at radius 1 is 1.20 bits per heavy atom. The smallest absolute Gasteiger partial charge is 0.150 e. The molecule has 0 bridgehead atoms. The molecule has 3 nitrogen and oxygen atoms in total. The lowest BCUT2D eigenvalue weighted by molar-refractivity contribution is 0.112. The molecule has 0 unspecified atom stereocenters. The Hall–Kier alpha value is -1.87. The highest BCUT2D eigenvalue weighted by Gasteiger charge is 2.08. The van der Waals surface area contributed by atoms with E-state index in [1.807, 2.05) is 0 Å². The Labute approximate surface area is 86.6 Å². The van der Waals surface area contributed by atoms with Crippen molar-refractivity contribution >= 4 is 17.1 Å². The second kappa shape index (κ2) is 3.71. The van der Waals surface area contributed by atoms with E-state index in [4.69, 9.17) is 5.11 Å². The van der Waals surface area contributed by atoms with Crippen LogP contribution in [0.2, 0.25) is 0 Å². The Kier molecular flexibility index (Phi) is 2.39. The van der Waals surface area contributed by atoms with Gasteiger partial charge in [0.15, 0.2) is 6.29 Å². The third-order valence-electron chi connectivity index (χ3n) is 2.44. The maximum absolute atomic E-state index is 10.8. The van der Waals surface area contributed by atoms with Crippen molar-refractivity contribution in [2.75, 3.05) is 0 Å². The van der Waals surface area contributed by atoms with Gasteiger partial charge in [0, 0.05) is 10.9 Å². The number of phenolic OH excluding ortho intramolecular Hbond substituents is 1. The first-order chi connectivity index (χ1) is 7.27. The predicted octanol–water partition coefficient (Wildman–Crippen LogP) is 1.85. The standard InChI is InChI=1S/C12H10O3/c13-6-8-4-5-11(15)12-9(7-14)2-1-3-10(8)12/h1-6,14-15H,7H2. The summed E-state index contributed by atoms with van der Waals surface area (Å²) in [5.74, 6) is 0.0836. The van der Waals surface area contributed by atoms with Crippen LogP contribution >= 0.6 is 0 Å². The van der Waals surface area contributed by atoms with E-state index in [2.05, 4.69) is 0 Å². The molecule has 0 saturated carbocycles. The van der Waals surface area contributed by atoms with Crippen LogP contribution in [0.4, 0.5) is 0 Å². The van der Waals surface area contributed by atoms with Crippen molar-refractivity contribution in [3.05, 3.63) is 41.5 Å². The fourth-order valence-corrected chi connectivity index (χ4v) is 1.72. The van der Waals surface area contributed by atoms with E-state index in [1.54, 1.807) is 24.3 Å². The van der Waals surface area contributed by atoms with Crippen molar-refractivity contribution in [2.24, 2.45) is 0 Å². The van der Waals surface area contributed by atoms with Crippen LogP contribution in [0.15, 0.2) is 30.3 Å². The average Bonchev–Trinajstić information content (AvgIpc) is 2.29. The summed E-state index contributed by atoms with van der Waals surface area (Å²) in [6.45, 7) is -0.160. The third-order valence-corrected chi connectivity index (χ3v) is 2.44. The van der Waals surface area contributed by atoms with Crippen molar-refractivity contribution in [3.8, 4) is 5.75 Å². The van der Waals surface area contributed by atoms with Gasteiger partial charge in [-0.15, -0.1) is 0 Å². The van der Waals surface area contributed by atoms with Crippen LogP contribution in [0, 0.1) is 0 Å². The molecule has 2 aromatic carbocycles. The van der Waals surface area contributed by atoms with Crippen molar-refractivity contribution in [2.45, 2.75) is 6.61 Å². The van der Waals surface area contributed by atoms with Crippen LogP contribution in [-0.2, 0) is 6.61 Å². The highest BCUT2D eigenvalue weighted by Crippen LogP contribution is 2.30. The zero-order chi connectivity index (χ0) is 10.8. The number of aliphatic hydroxyl groups excluding tert-OH is 1. The summed E-state index contributed by atoms with van der Waals surface area (Å²) in [4.78, 5) is 10.8. The van der Waals surface area contributed by atoms with Crippen LogP contribution < -0.4 is 0 Å². The molecule has 0 amide bonds. The lowest BCUT2D eigenvalue weighted by Crippen LogP contribution is -1.90. The molecule has 0 spiro atoms. The number of carbonyl (C=O) groups is 1. The number of aromatic hydroxyl groups is 1. The van der Waals surface area contributed by atoms with Gasteiger partial charge in [-0.25, -0.2) is 0 Å². The number of phenols is 1. The quantitative estimate of drug-likeness (QED) is 0.730. The van der Waals surface area contributed by atoms with Crippen LogP contribution in [0.3, 0.4) is 0 Å². The minimum Gasteiger partial charge on any atom is -0.507 e. The summed E-state index contributed by atoms with van der Waals surface area (Å²) in [5, 5.41) is 20.0. The minimum absolute atomic E-state index is 0.0836. The van der Waals surface area contributed by atoms with Gasteiger partial charge in [-0.1, -0.05) is 18.2 Å². The van der Waals surface area contributed by atoms with Gasteiger partial charge in [-0.3, -0.25) is 4.79 Å². The first kappa shape index (κ1) is 9.68. The molecule has 15 heavy (non-hydrogen) atoms. The maximum atomic E-state index is 10.8. The number of hydrogen-bond donors (Lipinski definition) is 2. The Morgan fingerprint density at radius 2 is 2.00 bits per heavy atom. The van der Waals surface area contributed by atoms with E-state index in [0.717, 1.165) is 6.29 Å². The summed E-state index contributed by atoms with van der Waals surface area (Å²) in [7, 11) is 0. The van der Waals surface area contributed by atoms with E-state index in [9.17, 15) is 9.90 Å². The molecule has 2 N–H and O–H groups in total. The van der Waals surface area contributed by atoms with Crippen molar-refractivity contribution in [1.82, 2.24) is 0 Å². The zero-order valence-corrected chi connectivity index (χ0v) is 7.97. The lowest BCUT2D eigenvalue weighted by atomic mass is 10.00. The SMILES string of the molecule is O=Cc1ccc(O)c2c(CO)cccc12. The Bertz CT molecular complexity index is 518. The number of aliphatic hydroxyl groups is 1. The highest BCUT2D eigenvalue weighted by atomic mass is 16.3. The van der Waals surface area contributed by atoms with E-state index in [1.165, 1.54) is 6.07 Å². The normalized spacial score (nSPS) is 10.5. The molecule has 3 heteroatoms. The van der Waals surface area contributed by atoms with Gasteiger partial charge in [-0.05, 0) is 23.1 Å². The second-order valence-corrected chi connectivity index (χ2v) is 3.29. The summed E-state index contributed by atoms with van der Waals surface area (Å²) in [6, 6.07) is 8.24. The van der Waals surface area contributed by atoms with Crippen molar-refractivity contribution in [3.63, 3.8) is 0 Å². The van der Waals surface area contributed by atoms with E-state index >= 15 is 0 Å². The largest absolute Gasteiger partial charge is 0.507 e. The molecule has 0 aliphatic heterocycles. The van der Waals surface area contributed by atoms with Crippen LogP contribution in [-0.4, -0.2) is 16.5 Å². The third kappa shape index (κ3) is 1.47. The van der Waals surface area contributed by atoms with Crippen molar-refractivity contribution < 1.29 is 15.0 Å². The number of aldehydes is 1. The van der Waals surface area contributed by atoms with Crippen LogP contribution in [0.25, 0.3) is 10.8 Å². The van der Waals surface area contributed by atoms with E-state index in [-0.39, 0.29) is 12.4 Å². The molecule has 0 saturated heterocycles. The maximum Gasteiger partial charge on any atom is 0.150 e. The van der Waals surface area contributed by atoms with Gasteiger partial charge in [0.25, 0.3) is 0 Å². The topological polar surface area (TPSA) is 57.5 Å². The zero-order valence-electron chi connectivity index (χ0n) is 7.97. The molecule has 76 valence electrons. The molecule has 0 heterocycles. The van der Waals surface area contributed by atoms with Gasteiger partial charge in [0.2, 0.25) is 0 Å². The summed E-state index contributed by atoms with van der Waals surface area (Å²) in [6.07, 6.45) is 0.739. The van der Waals surface area contributed by atoms with Crippen LogP contribution in [0.5, 0.6) is 5.75 Å². The van der Waals surface area contributed by atoms with Crippen molar-refractivity contribution in [1.29, 1.82) is 0 Å². The molecule has 0 fully saturated rings. The molecular formula is C12H10O3. The average molecular weight is 202 g/mol. The van der Waals surface area contributed by atoms with Gasteiger partial charge in [0.1, 0.15) is 5.75 Å². The summed E-state index contributed by atoms with van der Waals surface area (Å²) >= 11 is 0. The second-order valence-electron chi connectivity index (χ2n) is 3.29. The Morgan fingerprint density at radius 3 is 2.67 bits per heavy atom. The molecule has 2 rings (SSSR count). The molecular weight excluding hydrogens is 192 g/mol. The highest BCUT2D eigenvalue weighted by molar-refractivity contribution is 6.02. The molecule has 0 radical (unpaired) electrons. The molecule has 0 aliphatic rings. The number of benzene rings is 2. The summed E-state index contributed by atoms with van der Waals surface area (Å²) in [5.41, 5.74) is 1.13. The van der Waals surface area contributed by atoms with Gasteiger partial charge in [-0.2, -0.15) is 0 Å². The minimum atomic E-state index is -0.160. The summed E-state index contributed by atoms with van der Waals surface area (Å²) < 4.78 is 0. The van der Waals surface area contributed by atoms with E-state index < -0.39 is 0 Å². The number of rotatable bonds is 2. The predicted molar refractivity (Wildman–Crippen MR) is 56.9 cm³/mol. The fraction of sp³-hybridized carbons (Fsp3) is 0.0833. The van der Waals surface area contributed by atoms with Gasteiger partial charge >= 0.3 is 0 Å². The van der Waals surface area contributed by atoms with Crippen LogP contribution in [0.1, 0.15) is 15.9 Å². The number of hydrogen-bond acceptors (Lipinski definition) is 3. The fourth-order valence-electron chi connectivity index (χ4n) is 1.72. The van der Waals surface area contributed by atoms with Gasteiger partial charge in [0.05, 0.1) is 6.61 Å². The number of carbonyl (C=O) groups excluding carboxylic acids is 1.